The van der Waals surface area contributed by atoms with Crippen LogP contribution in [-0.4, -0.2) is 97.8 Å². The van der Waals surface area contributed by atoms with E-state index in [1.165, 1.54) is 0 Å². The number of hydrogen-bond donors (Lipinski definition) is 1. The summed E-state index contributed by atoms with van der Waals surface area (Å²) in [6.07, 6.45) is 3.60. The van der Waals surface area contributed by atoms with Crippen LogP contribution in [0.5, 0.6) is 0 Å². The maximum atomic E-state index is 5.51. The van der Waals surface area contributed by atoms with Gasteiger partial charge in [0.25, 0.3) is 0 Å². The van der Waals surface area contributed by atoms with Crippen LogP contribution in [0, 0.1) is 5.92 Å². The van der Waals surface area contributed by atoms with E-state index in [4.69, 9.17) is 4.74 Å². The molecule has 1 unspecified atom stereocenters. The predicted molar refractivity (Wildman–Crippen MR) is 124 cm³/mol. The van der Waals surface area contributed by atoms with Gasteiger partial charge in [-0.25, -0.2) is 9.97 Å². The van der Waals surface area contributed by atoms with Crippen LogP contribution < -0.4 is 10.2 Å². The number of aliphatic imine (C=N–C) groups is 1. The molecule has 2 fully saturated rings. The molecule has 1 N–H and O–H groups in total. The van der Waals surface area contributed by atoms with Gasteiger partial charge in [-0.2, -0.15) is 0 Å². The highest BCUT2D eigenvalue weighted by Gasteiger charge is 2.26. The van der Waals surface area contributed by atoms with Gasteiger partial charge in [-0.3, -0.25) is 9.89 Å². The second-order valence-corrected chi connectivity index (χ2v) is 7.41. The lowest BCUT2D eigenvalue weighted by molar-refractivity contribution is 0.00739. The van der Waals surface area contributed by atoms with Crippen LogP contribution >= 0.6 is 24.0 Å². The Morgan fingerprint density at radius 2 is 1.75 bits per heavy atom. The van der Waals surface area contributed by atoms with Crippen molar-refractivity contribution in [3.63, 3.8) is 0 Å². The number of nitrogens with one attached hydrogen (secondary N) is 1. The van der Waals surface area contributed by atoms with E-state index in [0.29, 0.717) is 12.0 Å². The molecule has 1 atom stereocenters. The van der Waals surface area contributed by atoms with Crippen LogP contribution in [0.4, 0.5) is 5.95 Å². The molecule has 3 rings (SSSR count). The Kier molecular flexibility index (Phi) is 9.66. The summed E-state index contributed by atoms with van der Waals surface area (Å²) >= 11 is 0. The summed E-state index contributed by atoms with van der Waals surface area (Å²) in [6.45, 7) is 12.8. The molecule has 0 amide bonds. The molecule has 9 heteroatoms. The minimum atomic E-state index is 0. The molecule has 28 heavy (non-hydrogen) atoms. The van der Waals surface area contributed by atoms with Gasteiger partial charge in [0.15, 0.2) is 5.96 Å². The molecule has 0 bridgehead atoms. The fourth-order valence-electron chi connectivity index (χ4n) is 3.80. The van der Waals surface area contributed by atoms with Gasteiger partial charge < -0.3 is 19.9 Å². The largest absolute Gasteiger partial charge is 0.379 e. The number of ether oxygens (including phenoxy) is 1. The number of piperazine rings is 1. The molecular formula is C19H34IN7O. The number of nitrogens with zero attached hydrogens (tertiary/aromatic N) is 6. The van der Waals surface area contributed by atoms with E-state index >= 15 is 0 Å². The highest BCUT2D eigenvalue weighted by atomic mass is 127. The Hall–Kier alpha value is -1.20. The smallest absolute Gasteiger partial charge is 0.225 e. The number of hydrogen-bond acceptors (Lipinski definition) is 6. The van der Waals surface area contributed by atoms with Crippen molar-refractivity contribution in [1.29, 1.82) is 0 Å². The first-order valence-corrected chi connectivity index (χ1v) is 9.98. The number of halogens is 1. The number of morpholine rings is 1. The minimum absolute atomic E-state index is 0. The van der Waals surface area contributed by atoms with Crippen LogP contribution in [0.1, 0.15) is 13.8 Å². The Morgan fingerprint density at radius 3 is 2.32 bits per heavy atom. The summed E-state index contributed by atoms with van der Waals surface area (Å²) < 4.78 is 5.51. The predicted octanol–water partition coefficient (Wildman–Crippen LogP) is 1.15. The highest BCUT2D eigenvalue weighted by Crippen LogP contribution is 2.13. The second-order valence-electron chi connectivity index (χ2n) is 7.41. The van der Waals surface area contributed by atoms with Crippen molar-refractivity contribution in [3.05, 3.63) is 18.5 Å². The number of guanidine groups is 1. The third kappa shape index (κ3) is 6.15. The first-order chi connectivity index (χ1) is 13.2. The molecule has 0 radical (unpaired) electrons. The van der Waals surface area contributed by atoms with Gasteiger partial charge in [0.1, 0.15) is 0 Å². The first kappa shape index (κ1) is 23.1. The Morgan fingerprint density at radius 1 is 1.11 bits per heavy atom. The Bertz CT molecular complexity index is 587. The quantitative estimate of drug-likeness (QED) is 0.368. The van der Waals surface area contributed by atoms with Gasteiger partial charge >= 0.3 is 0 Å². The molecule has 2 saturated heterocycles. The lowest BCUT2D eigenvalue weighted by atomic mass is 10.0. The average Bonchev–Trinajstić information content (AvgIpc) is 2.72. The first-order valence-electron chi connectivity index (χ1n) is 9.98. The summed E-state index contributed by atoms with van der Waals surface area (Å²) in [5, 5.41) is 3.62. The second kappa shape index (κ2) is 11.7. The third-order valence-corrected chi connectivity index (χ3v) is 5.38. The summed E-state index contributed by atoms with van der Waals surface area (Å²) in [4.78, 5) is 20.3. The van der Waals surface area contributed by atoms with Gasteiger partial charge in [0.2, 0.25) is 5.95 Å². The topological polar surface area (TPSA) is 69.1 Å². The zero-order valence-electron chi connectivity index (χ0n) is 17.3. The standard InChI is InChI=1S/C19H33N7O.HI/c1-16(2)17(24-11-13-27-14-12-24)15-23-18(20-3)25-7-9-26(10-8-25)19-21-5-4-6-22-19;/h4-6,16-17H,7-15H2,1-3H3,(H,20,23);1H. The summed E-state index contributed by atoms with van der Waals surface area (Å²) in [5.41, 5.74) is 0. The lowest BCUT2D eigenvalue weighted by Gasteiger charge is -2.39. The van der Waals surface area contributed by atoms with E-state index in [0.717, 1.165) is 70.9 Å². The van der Waals surface area contributed by atoms with E-state index in [9.17, 15) is 0 Å². The molecule has 8 nitrogen and oxygen atoms in total. The monoisotopic (exact) mass is 503 g/mol. The van der Waals surface area contributed by atoms with Crippen molar-refractivity contribution < 1.29 is 4.74 Å². The molecule has 2 aliphatic heterocycles. The zero-order chi connectivity index (χ0) is 19.1. The fraction of sp³-hybridized carbons (Fsp3) is 0.737. The maximum Gasteiger partial charge on any atom is 0.225 e. The highest BCUT2D eigenvalue weighted by molar-refractivity contribution is 14.0. The van der Waals surface area contributed by atoms with Gasteiger partial charge in [0.05, 0.1) is 13.2 Å². The van der Waals surface area contributed by atoms with E-state index in [-0.39, 0.29) is 24.0 Å². The number of anilines is 1. The van der Waals surface area contributed by atoms with Crippen LogP contribution in [0.15, 0.2) is 23.5 Å². The van der Waals surface area contributed by atoms with Crippen LogP contribution in [0.3, 0.4) is 0 Å². The van der Waals surface area contributed by atoms with Crippen molar-refractivity contribution in [2.75, 3.05) is 71.0 Å². The summed E-state index contributed by atoms with van der Waals surface area (Å²) in [6, 6.07) is 2.34. The van der Waals surface area contributed by atoms with Gasteiger partial charge in [-0.1, -0.05) is 13.8 Å². The summed E-state index contributed by atoms with van der Waals surface area (Å²) in [7, 11) is 1.87. The Labute approximate surface area is 185 Å². The van der Waals surface area contributed by atoms with Crippen molar-refractivity contribution >= 4 is 35.9 Å². The molecule has 3 heterocycles. The normalized spacial score (nSPS) is 20.1. The molecule has 158 valence electrons. The van der Waals surface area contributed by atoms with Crippen molar-refractivity contribution in [2.45, 2.75) is 19.9 Å². The molecule has 2 aliphatic rings. The Balaban J connectivity index is 0.00000280. The molecule has 1 aromatic heterocycles. The molecule has 0 aromatic carbocycles. The van der Waals surface area contributed by atoms with Crippen molar-refractivity contribution in [1.82, 2.24) is 25.1 Å². The van der Waals surface area contributed by atoms with E-state index in [1.54, 1.807) is 12.4 Å². The van der Waals surface area contributed by atoms with Crippen molar-refractivity contribution in [2.24, 2.45) is 10.9 Å². The average molecular weight is 503 g/mol. The SMILES string of the molecule is CN=C(NCC(C(C)C)N1CCOCC1)N1CCN(c2ncccn2)CC1.I. The molecule has 0 saturated carbocycles. The summed E-state index contributed by atoms with van der Waals surface area (Å²) in [5.74, 6) is 2.38. The lowest BCUT2D eigenvalue weighted by Crippen LogP contribution is -2.56. The van der Waals surface area contributed by atoms with Gasteiger partial charge in [-0.05, 0) is 12.0 Å². The van der Waals surface area contributed by atoms with Crippen LogP contribution in [0.2, 0.25) is 0 Å². The van der Waals surface area contributed by atoms with E-state index in [1.807, 2.05) is 13.1 Å². The fourth-order valence-corrected chi connectivity index (χ4v) is 3.80. The van der Waals surface area contributed by atoms with E-state index in [2.05, 4.69) is 48.8 Å². The third-order valence-electron chi connectivity index (χ3n) is 5.38. The minimum Gasteiger partial charge on any atom is -0.379 e. The van der Waals surface area contributed by atoms with Crippen LogP contribution in [0.25, 0.3) is 0 Å². The molecule has 0 aliphatic carbocycles. The molecule has 0 spiro atoms. The zero-order valence-corrected chi connectivity index (χ0v) is 19.6. The maximum absolute atomic E-state index is 5.51. The van der Waals surface area contributed by atoms with Gasteiger partial charge in [-0.15, -0.1) is 24.0 Å². The van der Waals surface area contributed by atoms with Crippen LogP contribution in [-0.2, 0) is 4.74 Å². The molecule has 1 aromatic rings. The van der Waals surface area contributed by atoms with E-state index < -0.39 is 0 Å². The number of rotatable bonds is 5. The molecular weight excluding hydrogens is 469 g/mol. The number of aromatic nitrogens is 2. The van der Waals surface area contributed by atoms with Crippen molar-refractivity contribution in [3.8, 4) is 0 Å². The van der Waals surface area contributed by atoms with Gasteiger partial charge in [0, 0.05) is 71.3 Å².